The van der Waals surface area contributed by atoms with Crippen molar-refractivity contribution in [1.82, 2.24) is 0 Å². The highest BCUT2D eigenvalue weighted by molar-refractivity contribution is 6.17. The Morgan fingerprint density at radius 3 is 2.53 bits per heavy atom. The fraction of sp³-hybridized carbons (Fsp3) is 0.500. The van der Waals surface area contributed by atoms with E-state index in [0.29, 0.717) is 23.7 Å². The molecule has 1 rings (SSSR count). The quantitative estimate of drug-likeness (QED) is 0.438. The molecular formula is C12H16ClNO5. The molecule has 106 valence electrons. The molecule has 0 saturated heterocycles. The molecule has 0 bridgehead atoms. The zero-order valence-corrected chi connectivity index (χ0v) is 11.8. The lowest BCUT2D eigenvalue weighted by Gasteiger charge is -2.16. The number of hydrogen-bond donors (Lipinski definition) is 0. The molecule has 0 aromatic heterocycles. The van der Waals surface area contributed by atoms with Gasteiger partial charge in [-0.1, -0.05) is 0 Å². The van der Waals surface area contributed by atoms with Gasteiger partial charge in [0.2, 0.25) is 0 Å². The van der Waals surface area contributed by atoms with Gasteiger partial charge in [0.1, 0.15) is 6.10 Å². The Bertz CT molecular complexity index is 452. The normalized spacial score (nSPS) is 12.0. The summed E-state index contributed by atoms with van der Waals surface area (Å²) in [5.74, 6) is 0.734. The Labute approximate surface area is 116 Å². The van der Waals surface area contributed by atoms with Crippen molar-refractivity contribution in [3.05, 3.63) is 27.8 Å². The maximum Gasteiger partial charge on any atom is 0.277 e. The minimum Gasteiger partial charge on any atom is -0.493 e. The van der Waals surface area contributed by atoms with Crippen molar-refractivity contribution in [3.8, 4) is 11.5 Å². The molecule has 0 aliphatic carbocycles. The van der Waals surface area contributed by atoms with E-state index >= 15 is 0 Å². The van der Waals surface area contributed by atoms with Gasteiger partial charge in [-0.2, -0.15) is 0 Å². The molecule has 0 fully saturated rings. The Morgan fingerprint density at radius 1 is 1.37 bits per heavy atom. The highest BCUT2D eigenvalue weighted by Gasteiger charge is 2.20. The predicted octanol–water partition coefficient (Wildman–Crippen LogP) is 2.76. The summed E-state index contributed by atoms with van der Waals surface area (Å²) in [5.41, 5.74) is 0.297. The fourth-order valence-corrected chi connectivity index (χ4v) is 1.82. The highest BCUT2D eigenvalue weighted by Crippen LogP contribution is 2.35. The Morgan fingerprint density at radius 2 is 2.05 bits per heavy atom. The number of nitro benzene ring substituents is 1. The number of methoxy groups -OCH3 is 2. The molecule has 1 unspecified atom stereocenters. The lowest BCUT2D eigenvalue weighted by Crippen LogP contribution is -2.18. The topological polar surface area (TPSA) is 70.8 Å². The summed E-state index contributed by atoms with van der Waals surface area (Å²) in [5, 5.41) is 11.0. The van der Waals surface area contributed by atoms with Crippen LogP contribution >= 0.6 is 11.6 Å². The maximum atomic E-state index is 11.0. The van der Waals surface area contributed by atoms with Crippen molar-refractivity contribution in [2.45, 2.75) is 18.9 Å². The van der Waals surface area contributed by atoms with Gasteiger partial charge in [0.25, 0.3) is 5.69 Å². The van der Waals surface area contributed by atoms with Crippen molar-refractivity contribution >= 4 is 17.3 Å². The van der Waals surface area contributed by atoms with E-state index in [1.54, 1.807) is 14.0 Å². The van der Waals surface area contributed by atoms with Crippen LogP contribution in [0.2, 0.25) is 0 Å². The van der Waals surface area contributed by atoms with E-state index in [2.05, 4.69) is 0 Å². The summed E-state index contributed by atoms with van der Waals surface area (Å²) in [6.45, 7) is 2.17. The molecule has 0 aliphatic heterocycles. The number of nitro groups is 1. The van der Waals surface area contributed by atoms with Crippen LogP contribution in [-0.2, 0) is 10.6 Å². The van der Waals surface area contributed by atoms with Crippen molar-refractivity contribution < 1.29 is 19.1 Å². The van der Waals surface area contributed by atoms with E-state index < -0.39 is 4.92 Å². The predicted molar refractivity (Wildman–Crippen MR) is 71.2 cm³/mol. The zero-order valence-electron chi connectivity index (χ0n) is 11.0. The number of ether oxygens (including phenoxy) is 3. The van der Waals surface area contributed by atoms with Gasteiger partial charge < -0.3 is 14.2 Å². The second-order valence-electron chi connectivity index (χ2n) is 3.91. The largest absolute Gasteiger partial charge is 0.493 e. The molecule has 19 heavy (non-hydrogen) atoms. The van der Waals surface area contributed by atoms with E-state index in [1.165, 1.54) is 19.2 Å². The summed E-state index contributed by atoms with van der Waals surface area (Å²) < 4.78 is 15.7. The zero-order chi connectivity index (χ0) is 14.4. The molecule has 1 aromatic carbocycles. The van der Waals surface area contributed by atoms with Crippen LogP contribution < -0.4 is 9.47 Å². The van der Waals surface area contributed by atoms with Gasteiger partial charge in [0.15, 0.2) is 11.5 Å². The van der Waals surface area contributed by atoms with Crippen LogP contribution in [0.3, 0.4) is 0 Å². The molecular weight excluding hydrogens is 274 g/mol. The lowest BCUT2D eigenvalue weighted by atomic mass is 10.1. The van der Waals surface area contributed by atoms with Crippen LogP contribution in [0, 0.1) is 10.1 Å². The van der Waals surface area contributed by atoms with Gasteiger partial charge in [-0.15, -0.1) is 11.6 Å². The maximum absolute atomic E-state index is 11.0. The molecule has 6 nitrogen and oxygen atoms in total. The van der Waals surface area contributed by atoms with Crippen LogP contribution in [-0.4, -0.2) is 31.9 Å². The fourth-order valence-electron chi connectivity index (χ4n) is 1.61. The third-order valence-corrected chi connectivity index (χ3v) is 2.72. The van der Waals surface area contributed by atoms with E-state index in [-0.39, 0.29) is 17.7 Å². The van der Waals surface area contributed by atoms with E-state index in [9.17, 15) is 10.1 Å². The summed E-state index contributed by atoms with van der Waals surface area (Å²) >= 11 is 5.69. The van der Waals surface area contributed by atoms with Crippen LogP contribution in [0.5, 0.6) is 11.5 Å². The second-order valence-corrected chi connectivity index (χ2v) is 4.17. The molecule has 0 heterocycles. The monoisotopic (exact) mass is 289 g/mol. The molecule has 1 aromatic rings. The number of rotatable bonds is 7. The number of benzene rings is 1. The number of alkyl halides is 1. The van der Waals surface area contributed by atoms with Crippen LogP contribution in [0.1, 0.15) is 12.5 Å². The summed E-state index contributed by atoms with van der Waals surface area (Å²) in [4.78, 5) is 10.5. The van der Waals surface area contributed by atoms with Gasteiger partial charge in [-0.25, -0.2) is 0 Å². The molecule has 0 saturated carbocycles. The summed E-state index contributed by atoms with van der Waals surface area (Å²) in [7, 11) is 3.02. The SMILES string of the molecule is COCC(C)Oc1cc([N+](=O)[O-])c(CCl)cc1OC. The molecule has 0 N–H and O–H groups in total. The van der Waals surface area contributed by atoms with E-state index in [1.807, 2.05) is 0 Å². The van der Waals surface area contributed by atoms with Crippen molar-refractivity contribution in [1.29, 1.82) is 0 Å². The van der Waals surface area contributed by atoms with Crippen molar-refractivity contribution in [2.24, 2.45) is 0 Å². The first-order valence-corrected chi connectivity index (χ1v) is 6.13. The number of hydrogen-bond acceptors (Lipinski definition) is 5. The molecule has 7 heteroatoms. The minimum atomic E-state index is -0.495. The van der Waals surface area contributed by atoms with Gasteiger partial charge in [-0.05, 0) is 13.0 Å². The average molecular weight is 290 g/mol. The Hall–Kier alpha value is -1.53. The van der Waals surface area contributed by atoms with Crippen molar-refractivity contribution in [3.63, 3.8) is 0 Å². The van der Waals surface area contributed by atoms with Crippen LogP contribution in [0.4, 0.5) is 5.69 Å². The van der Waals surface area contributed by atoms with E-state index in [0.717, 1.165) is 0 Å². The average Bonchev–Trinajstić information content (AvgIpc) is 2.38. The summed E-state index contributed by atoms with van der Waals surface area (Å²) in [6, 6.07) is 2.84. The first-order valence-electron chi connectivity index (χ1n) is 5.60. The second kappa shape index (κ2) is 7.16. The van der Waals surface area contributed by atoms with Gasteiger partial charge in [0.05, 0.1) is 30.6 Å². The van der Waals surface area contributed by atoms with E-state index in [4.69, 9.17) is 25.8 Å². The van der Waals surface area contributed by atoms with Gasteiger partial charge in [0, 0.05) is 12.7 Å². The van der Waals surface area contributed by atoms with Crippen molar-refractivity contribution in [2.75, 3.05) is 20.8 Å². The Balaban J connectivity index is 3.14. The Kier molecular flexibility index (Phi) is 5.85. The number of halogens is 1. The smallest absolute Gasteiger partial charge is 0.277 e. The standard InChI is InChI=1S/C12H16ClNO5/c1-8(7-17-2)19-12-5-10(14(15)16)9(6-13)4-11(12)18-3/h4-5,8H,6-7H2,1-3H3. The molecule has 0 aliphatic rings. The molecule has 0 amide bonds. The van der Waals surface area contributed by atoms with Crippen LogP contribution in [0.15, 0.2) is 12.1 Å². The summed E-state index contributed by atoms with van der Waals surface area (Å²) in [6.07, 6.45) is -0.250. The number of nitrogens with zero attached hydrogens (tertiary/aromatic N) is 1. The first kappa shape index (κ1) is 15.5. The van der Waals surface area contributed by atoms with Gasteiger partial charge >= 0.3 is 0 Å². The lowest BCUT2D eigenvalue weighted by molar-refractivity contribution is -0.385. The van der Waals surface area contributed by atoms with Gasteiger partial charge in [-0.3, -0.25) is 10.1 Å². The molecule has 0 radical (unpaired) electrons. The third-order valence-electron chi connectivity index (χ3n) is 2.44. The molecule has 0 spiro atoms. The molecule has 1 atom stereocenters. The minimum absolute atomic E-state index is 0.0284. The third kappa shape index (κ3) is 3.97. The first-order chi connectivity index (χ1) is 9.03. The highest BCUT2D eigenvalue weighted by atomic mass is 35.5. The van der Waals surface area contributed by atoms with Crippen LogP contribution in [0.25, 0.3) is 0 Å².